The van der Waals surface area contributed by atoms with Crippen LogP contribution in [0.25, 0.3) is 5.82 Å². The number of aromatic nitrogens is 1. The molecule has 0 aliphatic carbocycles. The van der Waals surface area contributed by atoms with Crippen LogP contribution in [-0.4, -0.2) is 29.3 Å². The van der Waals surface area contributed by atoms with Gasteiger partial charge in [0.25, 0.3) is 0 Å². The molecular formula is C9H10N3. The van der Waals surface area contributed by atoms with Crippen LogP contribution in [0.5, 0.6) is 0 Å². The third-order valence-corrected chi connectivity index (χ3v) is 1.71. The second kappa shape index (κ2) is 2.85. The monoisotopic (exact) mass is 160 g/mol. The van der Waals surface area contributed by atoms with Gasteiger partial charge in [0.15, 0.2) is 5.82 Å². The van der Waals surface area contributed by atoms with Crippen molar-refractivity contribution in [3.63, 3.8) is 0 Å². The molecule has 12 heavy (non-hydrogen) atoms. The first-order valence-corrected chi connectivity index (χ1v) is 3.87. The predicted molar refractivity (Wildman–Crippen MR) is 48.5 cm³/mol. The molecule has 0 amide bonds. The summed E-state index contributed by atoms with van der Waals surface area (Å²) >= 11 is 0. The highest BCUT2D eigenvalue weighted by atomic mass is 15.2. The van der Waals surface area contributed by atoms with Gasteiger partial charge in [-0.3, -0.25) is 0 Å². The number of rotatable bonds is 1. The summed E-state index contributed by atoms with van der Waals surface area (Å²) in [5.41, 5.74) is 0. The minimum atomic E-state index is 0.838. The molecule has 0 atom stereocenters. The molecule has 0 spiro atoms. The maximum atomic E-state index is 4.22. The van der Waals surface area contributed by atoms with Crippen LogP contribution in [-0.2, 0) is 0 Å². The van der Waals surface area contributed by atoms with E-state index in [-0.39, 0.29) is 0 Å². The van der Waals surface area contributed by atoms with Crippen LogP contribution in [0.4, 0.5) is 0 Å². The van der Waals surface area contributed by atoms with E-state index in [0.29, 0.717) is 0 Å². The molecule has 1 aliphatic rings. The van der Waals surface area contributed by atoms with Crippen LogP contribution in [0.15, 0.2) is 29.5 Å². The highest BCUT2D eigenvalue weighted by Gasteiger charge is 2.03. The Labute approximate surface area is 71.6 Å². The number of hydrogen-bond donors (Lipinski definition) is 0. The van der Waals surface area contributed by atoms with E-state index in [1.807, 2.05) is 47.3 Å². The fourth-order valence-electron chi connectivity index (χ4n) is 1.10. The summed E-state index contributed by atoms with van der Waals surface area (Å²) in [5.74, 6) is 0.841. The third-order valence-electron chi connectivity index (χ3n) is 1.71. The molecule has 1 aromatic heterocycles. The fourth-order valence-corrected chi connectivity index (χ4v) is 1.10. The SMILES string of the molecule is CN1[C]=C(n2cccc2)N=CC1. The lowest BCUT2D eigenvalue weighted by Crippen LogP contribution is -2.19. The molecule has 0 bridgehead atoms. The van der Waals surface area contributed by atoms with Crippen molar-refractivity contribution in [1.82, 2.24) is 9.47 Å². The smallest absolute Gasteiger partial charge is 0.162 e. The fraction of sp³-hybridized carbons (Fsp3) is 0.222. The lowest BCUT2D eigenvalue weighted by atomic mass is 10.5. The molecule has 0 aromatic carbocycles. The van der Waals surface area contributed by atoms with Crippen molar-refractivity contribution >= 4 is 12.0 Å². The second-order valence-electron chi connectivity index (χ2n) is 2.72. The standard InChI is InChI=1S/C9H10N3/c1-11-7-4-10-9(8-11)12-5-2-3-6-12/h2-6H,7H2,1H3. The van der Waals surface area contributed by atoms with Crippen molar-refractivity contribution < 1.29 is 0 Å². The molecule has 2 heterocycles. The van der Waals surface area contributed by atoms with Gasteiger partial charge in [-0.1, -0.05) is 0 Å². The zero-order chi connectivity index (χ0) is 8.39. The highest BCUT2D eigenvalue weighted by molar-refractivity contribution is 5.68. The molecule has 3 nitrogen and oxygen atoms in total. The Kier molecular flexibility index (Phi) is 1.70. The molecule has 0 unspecified atom stereocenters. The maximum absolute atomic E-state index is 4.22. The van der Waals surface area contributed by atoms with Crippen LogP contribution >= 0.6 is 0 Å². The van der Waals surface area contributed by atoms with Gasteiger partial charge in [-0.15, -0.1) is 0 Å². The van der Waals surface area contributed by atoms with Crippen molar-refractivity contribution in [1.29, 1.82) is 0 Å². The Hall–Kier alpha value is -1.51. The Morgan fingerprint density at radius 2 is 2.17 bits per heavy atom. The predicted octanol–water partition coefficient (Wildman–Crippen LogP) is 1.06. The van der Waals surface area contributed by atoms with Crippen molar-refractivity contribution in [3.8, 4) is 0 Å². The minimum Gasteiger partial charge on any atom is -0.365 e. The van der Waals surface area contributed by atoms with E-state index >= 15 is 0 Å². The van der Waals surface area contributed by atoms with E-state index in [1.54, 1.807) is 0 Å². The van der Waals surface area contributed by atoms with E-state index in [0.717, 1.165) is 12.4 Å². The van der Waals surface area contributed by atoms with E-state index in [1.165, 1.54) is 0 Å². The van der Waals surface area contributed by atoms with Gasteiger partial charge in [-0.2, -0.15) is 0 Å². The lowest BCUT2D eigenvalue weighted by Gasteiger charge is -2.15. The normalized spacial score (nSPS) is 16.4. The van der Waals surface area contributed by atoms with Gasteiger partial charge in [0, 0.05) is 25.7 Å². The Bertz CT molecular complexity index is 309. The van der Waals surface area contributed by atoms with Crippen molar-refractivity contribution in [2.24, 2.45) is 4.99 Å². The van der Waals surface area contributed by atoms with Crippen molar-refractivity contribution in [2.75, 3.05) is 13.6 Å². The molecule has 61 valence electrons. The number of nitrogens with zero attached hydrogens (tertiary/aromatic N) is 3. The largest absolute Gasteiger partial charge is 0.365 e. The van der Waals surface area contributed by atoms with Gasteiger partial charge in [0.1, 0.15) is 6.20 Å². The quantitative estimate of drug-likeness (QED) is 0.601. The Balaban J connectivity index is 2.30. The lowest BCUT2D eigenvalue weighted by molar-refractivity contribution is 0.498. The summed E-state index contributed by atoms with van der Waals surface area (Å²) in [6, 6.07) is 3.94. The maximum Gasteiger partial charge on any atom is 0.162 e. The molecular weight excluding hydrogens is 150 g/mol. The van der Waals surface area contributed by atoms with Crippen LogP contribution in [0.3, 0.4) is 0 Å². The molecule has 1 radical (unpaired) electrons. The molecule has 1 aliphatic heterocycles. The first-order chi connectivity index (χ1) is 5.86. The summed E-state index contributed by atoms with van der Waals surface area (Å²) in [5, 5.41) is 0. The average Bonchev–Trinajstić information content (AvgIpc) is 2.56. The van der Waals surface area contributed by atoms with Crippen LogP contribution in [0.1, 0.15) is 0 Å². The van der Waals surface area contributed by atoms with Gasteiger partial charge in [-0.05, 0) is 12.1 Å². The van der Waals surface area contributed by atoms with Crippen LogP contribution in [0.2, 0.25) is 0 Å². The topological polar surface area (TPSA) is 20.5 Å². The number of hydrogen-bond acceptors (Lipinski definition) is 2. The van der Waals surface area contributed by atoms with Gasteiger partial charge in [0.2, 0.25) is 0 Å². The van der Waals surface area contributed by atoms with Crippen molar-refractivity contribution in [3.05, 3.63) is 30.7 Å². The van der Waals surface area contributed by atoms with Gasteiger partial charge in [-0.25, -0.2) is 4.99 Å². The molecule has 0 saturated heterocycles. The van der Waals surface area contributed by atoms with E-state index in [2.05, 4.69) is 11.2 Å². The molecule has 0 saturated carbocycles. The highest BCUT2D eigenvalue weighted by Crippen LogP contribution is 2.08. The van der Waals surface area contributed by atoms with E-state index in [9.17, 15) is 0 Å². The zero-order valence-corrected chi connectivity index (χ0v) is 6.94. The molecule has 1 aromatic rings. The number of aliphatic imine (C=N–C) groups is 1. The summed E-state index contributed by atoms with van der Waals surface area (Å²) in [6.45, 7) is 0.838. The molecule has 0 fully saturated rings. The van der Waals surface area contributed by atoms with Gasteiger partial charge >= 0.3 is 0 Å². The van der Waals surface area contributed by atoms with Gasteiger partial charge < -0.3 is 9.47 Å². The zero-order valence-electron chi connectivity index (χ0n) is 6.94. The van der Waals surface area contributed by atoms with E-state index < -0.39 is 0 Å². The summed E-state index contributed by atoms with van der Waals surface area (Å²) in [6.07, 6.45) is 8.93. The Morgan fingerprint density at radius 3 is 2.83 bits per heavy atom. The van der Waals surface area contributed by atoms with Crippen LogP contribution in [0, 0.1) is 6.20 Å². The molecule has 3 heteroatoms. The summed E-state index contributed by atoms with van der Waals surface area (Å²) in [7, 11) is 1.98. The summed E-state index contributed by atoms with van der Waals surface area (Å²) in [4.78, 5) is 6.20. The third kappa shape index (κ3) is 1.25. The molecule has 2 rings (SSSR count). The first kappa shape index (κ1) is 7.16. The van der Waals surface area contributed by atoms with E-state index in [4.69, 9.17) is 0 Å². The van der Waals surface area contributed by atoms with Crippen LogP contribution < -0.4 is 0 Å². The van der Waals surface area contributed by atoms with Gasteiger partial charge in [0.05, 0.1) is 6.54 Å². The molecule has 0 N–H and O–H groups in total. The summed E-state index contributed by atoms with van der Waals surface area (Å²) < 4.78 is 1.94. The second-order valence-corrected chi connectivity index (χ2v) is 2.72. The first-order valence-electron chi connectivity index (χ1n) is 3.87. The minimum absolute atomic E-state index is 0.838. The Morgan fingerprint density at radius 1 is 1.42 bits per heavy atom. The van der Waals surface area contributed by atoms with Crippen molar-refractivity contribution in [2.45, 2.75) is 0 Å². The average molecular weight is 160 g/mol.